The van der Waals surface area contributed by atoms with E-state index in [9.17, 15) is 0 Å². The normalized spacial score (nSPS) is 12.1. The van der Waals surface area contributed by atoms with Crippen molar-refractivity contribution in [3.8, 4) is 39.9 Å². The van der Waals surface area contributed by atoms with E-state index in [1.54, 1.807) is 11.3 Å². The van der Waals surface area contributed by atoms with Gasteiger partial charge in [-0.1, -0.05) is 133 Å². The summed E-state index contributed by atoms with van der Waals surface area (Å²) in [7, 11) is 0. The second-order valence-corrected chi connectivity index (χ2v) is 17.4. The van der Waals surface area contributed by atoms with Gasteiger partial charge in [-0.05, 0) is 93.0 Å². The maximum atomic E-state index is 7.18. The minimum absolute atomic E-state index is 0.587. The lowest BCUT2D eigenvalue weighted by Crippen LogP contribution is -2.01. The number of aromatic nitrogens is 4. The summed E-state index contributed by atoms with van der Waals surface area (Å²) in [6.07, 6.45) is 0. The first-order chi connectivity index (χ1) is 31.2. The maximum absolute atomic E-state index is 7.18. The summed E-state index contributed by atoms with van der Waals surface area (Å²) < 4.78 is 12.0. The van der Waals surface area contributed by atoms with Crippen molar-refractivity contribution in [2.75, 3.05) is 0 Å². The second kappa shape index (κ2) is 13.2. The van der Waals surface area contributed by atoms with Crippen LogP contribution in [0.3, 0.4) is 0 Å². The van der Waals surface area contributed by atoms with E-state index < -0.39 is 0 Å². The number of furan rings is 1. The zero-order valence-electron chi connectivity index (χ0n) is 33.6. The van der Waals surface area contributed by atoms with Crippen molar-refractivity contribution >= 4 is 108 Å². The molecule has 10 aromatic carbocycles. The van der Waals surface area contributed by atoms with Crippen LogP contribution in [0.2, 0.25) is 0 Å². The summed E-state index contributed by atoms with van der Waals surface area (Å²) in [4.78, 5) is 16.0. The predicted molar refractivity (Wildman–Crippen MR) is 263 cm³/mol. The van der Waals surface area contributed by atoms with E-state index in [1.807, 2.05) is 18.2 Å². The lowest BCUT2D eigenvalue weighted by molar-refractivity contribution is 0.667. The van der Waals surface area contributed by atoms with Gasteiger partial charge in [0.05, 0.1) is 16.7 Å². The van der Waals surface area contributed by atoms with Crippen molar-refractivity contribution in [1.29, 1.82) is 0 Å². The zero-order chi connectivity index (χ0) is 41.2. The highest BCUT2D eigenvalue weighted by Gasteiger charge is 2.24. The summed E-state index contributed by atoms with van der Waals surface area (Å²) in [6.45, 7) is 0. The van der Waals surface area contributed by atoms with Crippen LogP contribution < -0.4 is 0 Å². The van der Waals surface area contributed by atoms with Gasteiger partial charge in [-0.2, -0.15) is 0 Å². The Morgan fingerprint density at radius 1 is 0.397 bits per heavy atom. The van der Waals surface area contributed by atoms with Gasteiger partial charge in [0, 0.05) is 58.4 Å². The number of hydrogen-bond acceptors (Lipinski definition) is 5. The molecule has 0 fully saturated rings. The number of thiophene rings is 1. The number of rotatable bonds is 4. The van der Waals surface area contributed by atoms with E-state index in [1.165, 1.54) is 47.8 Å². The van der Waals surface area contributed by atoms with Crippen LogP contribution in [-0.4, -0.2) is 19.5 Å². The van der Waals surface area contributed by atoms with Crippen LogP contribution in [0, 0.1) is 0 Å². The Bertz CT molecular complexity index is 4130. The molecule has 0 bridgehead atoms. The first kappa shape index (κ1) is 34.5. The molecule has 0 unspecified atom stereocenters. The highest BCUT2D eigenvalue weighted by molar-refractivity contribution is 7.26. The Balaban J connectivity index is 1.10. The summed E-state index contributed by atoms with van der Waals surface area (Å²) in [5, 5.41) is 13.8. The smallest absolute Gasteiger partial charge is 0.165 e. The molecule has 14 rings (SSSR count). The molecule has 0 aliphatic heterocycles. The van der Waals surface area contributed by atoms with Gasteiger partial charge in [0.15, 0.2) is 23.1 Å². The fraction of sp³-hybridized carbons (Fsp3) is 0. The average Bonchev–Trinajstić information content (AvgIpc) is 4.01. The molecule has 0 N–H and O–H groups in total. The molecule has 0 atom stereocenters. The quantitative estimate of drug-likeness (QED) is 0.177. The topological polar surface area (TPSA) is 56.7 Å². The first-order valence-electron chi connectivity index (χ1n) is 21.2. The Kier molecular flexibility index (Phi) is 7.21. The molecular formula is C57H32N4OS. The second-order valence-electron chi connectivity index (χ2n) is 16.4. The molecule has 14 aromatic rings. The minimum Gasteiger partial charge on any atom is -0.454 e. The molecular weight excluding hydrogens is 789 g/mol. The number of benzene rings is 10. The Labute approximate surface area is 363 Å². The average molecular weight is 821 g/mol. The van der Waals surface area contributed by atoms with Crippen LogP contribution in [0.5, 0.6) is 0 Å². The summed E-state index contributed by atoms with van der Waals surface area (Å²) in [5.74, 6) is 1.83. The van der Waals surface area contributed by atoms with Gasteiger partial charge < -0.3 is 8.98 Å². The summed E-state index contributed by atoms with van der Waals surface area (Å²) in [5.41, 5.74) is 7.54. The van der Waals surface area contributed by atoms with Crippen LogP contribution in [-0.2, 0) is 0 Å². The Hall–Kier alpha value is -8.19. The molecule has 0 aliphatic rings. The van der Waals surface area contributed by atoms with Crippen LogP contribution in [0.4, 0.5) is 0 Å². The van der Waals surface area contributed by atoms with Crippen LogP contribution in [0.25, 0.3) is 136 Å². The van der Waals surface area contributed by atoms with Crippen molar-refractivity contribution < 1.29 is 4.42 Å². The molecule has 0 amide bonds. The van der Waals surface area contributed by atoms with Gasteiger partial charge in [-0.3, -0.25) is 0 Å². The molecule has 4 aromatic heterocycles. The van der Waals surface area contributed by atoms with E-state index >= 15 is 0 Å². The lowest BCUT2D eigenvalue weighted by atomic mass is 10.0. The van der Waals surface area contributed by atoms with Crippen LogP contribution in [0.1, 0.15) is 0 Å². The van der Waals surface area contributed by atoms with Crippen molar-refractivity contribution in [2.45, 2.75) is 0 Å². The fourth-order valence-corrected chi connectivity index (χ4v) is 11.0. The molecule has 0 spiro atoms. The number of fused-ring (bicyclic) bond motifs is 12. The van der Waals surface area contributed by atoms with Crippen molar-refractivity contribution in [3.63, 3.8) is 0 Å². The van der Waals surface area contributed by atoms with Gasteiger partial charge in [0.2, 0.25) is 0 Å². The monoisotopic (exact) mass is 820 g/mol. The van der Waals surface area contributed by atoms with Crippen molar-refractivity contribution in [2.24, 2.45) is 0 Å². The molecule has 63 heavy (non-hydrogen) atoms. The molecule has 6 heteroatoms. The molecule has 0 radical (unpaired) electrons. The zero-order valence-corrected chi connectivity index (χ0v) is 34.4. The van der Waals surface area contributed by atoms with E-state index in [0.717, 1.165) is 70.8 Å². The van der Waals surface area contributed by atoms with E-state index in [4.69, 9.17) is 19.4 Å². The number of nitrogens with zero attached hydrogens (tertiary/aromatic N) is 4. The predicted octanol–water partition coefficient (Wildman–Crippen LogP) is 15.7. The maximum Gasteiger partial charge on any atom is 0.165 e. The summed E-state index contributed by atoms with van der Waals surface area (Å²) in [6, 6.07) is 69.1. The van der Waals surface area contributed by atoms with Crippen LogP contribution in [0.15, 0.2) is 199 Å². The highest BCUT2D eigenvalue weighted by Crippen LogP contribution is 2.45. The molecule has 292 valence electrons. The fourth-order valence-electron chi connectivity index (χ4n) is 9.82. The van der Waals surface area contributed by atoms with E-state index in [-0.39, 0.29) is 0 Å². The Morgan fingerprint density at radius 3 is 1.62 bits per heavy atom. The van der Waals surface area contributed by atoms with Crippen molar-refractivity contribution in [3.05, 3.63) is 194 Å². The highest BCUT2D eigenvalue weighted by atomic mass is 32.1. The van der Waals surface area contributed by atoms with E-state index in [0.29, 0.717) is 17.5 Å². The van der Waals surface area contributed by atoms with Gasteiger partial charge in [0.1, 0.15) is 5.58 Å². The lowest BCUT2D eigenvalue weighted by Gasteiger charge is -2.13. The summed E-state index contributed by atoms with van der Waals surface area (Å²) >= 11 is 1.78. The molecule has 5 nitrogen and oxygen atoms in total. The standard InChI is InChI=1S/C57H32N4OS/c1-2-13-33(14-3-1)55-58-56(60-57(59-55)43-23-12-22-41-40-21-10-11-24-51(40)63-54(41)43)42-25-26-47(53-52(42)46-29-36-17-6-9-20-39(36)32-50(46)62-53)61-48-30-37-18-7-4-15-34(37)27-44(48)45-28-35-16-5-8-19-38(35)31-49(45)61/h1-32H. The van der Waals surface area contributed by atoms with Gasteiger partial charge in [-0.15, -0.1) is 11.3 Å². The third kappa shape index (κ3) is 5.19. The van der Waals surface area contributed by atoms with Gasteiger partial charge in [-0.25, -0.2) is 15.0 Å². The van der Waals surface area contributed by atoms with Gasteiger partial charge in [0.25, 0.3) is 0 Å². The minimum atomic E-state index is 0.587. The van der Waals surface area contributed by atoms with Crippen molar-refractivity contribution in [1.82, 2.24) is 19.5 Å². The molecule has 0 aliphatic carbocycles. The largest absolute Gasteiger partial charge is 0.454 e. The molecule has 4 heterocycles. The van der Waals surface area contributed by atoms with E-state index in [2.05, 4.69) is 180 Å². The molecule has 0 saturated carbocycles. The third-order valence-electron chi connectivity index (χ3n) is 12.8. The third-order valence-corrected chi connectivity index (χ3v) is 14.0. The SMILES string of the molecule is c1ccc(-c2nc(-c3cccc4c3sc3ccccc34)nc(-c3ccc(-n4c5cc6ccccc6cc5c5cc6ccccc6cc54)c4oc5cc6ccccc6cc5c34)n2)cc1. The first-order valence-corrected chi connectivity index (χ1v) is 22.0. The number of hydrogen-bond donors (Lipinski definition) is 0. The Morgan fingerprint density at radius 2 is 0.937 bits per heavy atom. The van der Waals surface area contributed by atoms with Crippen LogP contribution >= 0.6 is 11.3 Å². The molecule has 0 saturated heterocycles. The van der Waals surface area contributed by atoms with Gasteiger partial charge >= 0.3 is 0 Å².